The lowest BCUT2D eigenvalue weighted by molar-refractivity contribution is -0.162. The van der Waals surface area contributed by atoms with Gasteiger partial charge in [0, 0.05) is 16.8 Å². The second-order valence-corrected chi connectivity index (χ2v) is 9.00. The molecule has 1 aliphatic carbocycles. The molecule has 4 rings (SSSR count). The van der Waals surface area contributed by atoms with Gasteiger partial charge in [0.05, 0.1) is 54.3 Å². The van der Waals surface area contributed by atoms with Crippen LogP contribution in [0.25, 0.3) is 11.3 Å². The van der Waals surface area contributed by atoms with Crippen LogP contribution in [-0.4, -0.2) is 34.5 Å². The van der Waals surface area contributed by atoms with Crippen molar-refractivity contribution in [2.75, 3.05) is 11.9 Å². The second kappa shape index (κ2) is 10.1. The molecule has 0 saturated carbocycles. The van der Waals surface area contributed by atoms with E-state index < -0.39 is 36.2 Å². The number of hydrogen-bond acceptors (Lipinski definition) is 6. The first-order chi connectivity index (χ1) is 17.1. The molecule has 0 saturated heterocycles. The van der Waals surface area contributed by atoms with E-state index in [1.807, 2.05) is 31.2 Å². The molecular formula is C27H26F3N3O3. The van der Waals surface area contributed by atoms with Crippen LogP contribution in [-0.2, 0) is 16.0 Å². The van der Waals surface area contributed by atoms with Gasteiger partial charge in [0.2, 0.25) is 0 Å². The largest absolute Gasteiger partial charge is 0.466 e. The summed E-state index contributed by atoms with van der Waals surface area (Å²) in [6.07, 6.45) is -2.98. The number of Topliss-reactive ketones (excluding diaryl/α,β-unsaturated/α-hetero) is 1. The number of alkyl halides is 3. The molecule has 1 aromatic carbocycles. The maximum absolute atomic E-state index is 13.4. The standard InChI is InChI=1S/C27H26F3N3O3/c1-3-36-24(34)13-26(16-27(28,29)30)11-10-18-12-19(5-8-22(18)25(26)35)23-9-7-21(15-32-23)33-20-6-4-17(2)31-14-20/h4-9,12,14-15,33H,3,10-11,13,16H2,1-2H3. The van der Waals surface area contributed by atoms with Crippen LogP contribution in [0.5, 0.6) is 0 Å². The van der Waals surface area contributed by atoms with Crippen molar-refractivity contribution in [2.24, 2.45) is 5.41 Å². The number of hydrogen-bond donors (Lipinski definition) is 1. The number of carbonyl (C=O) groups excluding carboxylic acids is 2. The lowest BCUT2D eigenvalue weighted by atomic mass is 9.66. The number of fused-ring (bicyclic) bond motifs is 1. The molecule has 3 aromatic rings. The predicted octanol–water partition coefficient (Wildman–Crippen LogP) is 6.22. The minimum absolute atomic E-state index is 0.0400. The number of nitrogens with one attached hydrogen (secondary N) is 1. The first-order valence-corrected chi connectivity index (χ1v) is 11.6. The molecule has 0 amide bonds. The van der Waals surface area contributed by atoms with E-state index in [4.69, 9.17) is 4.74 Å². The number of carbonyl (C=O) groups is 2. The van der Waals surface area contributed by atoms with E-state index in [-0.39, 0.29) is 25.0 Å². The van der Waals surface area contributed by atoms with Gasteiger partial charge in [-0.15, -0.1) is 0 Å². The van der Waals surface area contributed by atoms with Gasteiger partial charge in [-0.2, -0.15) is 13.2 Å². The summed E-state index contributed by atoms with van der Waals surface area (Å²) in [4.78, 5) is 34.1. The van der Waals surface area contributed by atoms with Crippen LogP contribution in [0.15, 0.2) is 54.9 Å². The smallest absolute Gasteiger partial charge is 0.390 e. The molecule has 0 fully saturated rings. The van der Waals surface area contributed by atoms with Gasteiger partial charge in [-0.25, -0.2) is 0 Å². The topological polar surface area (TPSA) is 81.2 Å². The van der Waals surface area contributed by atoms with E-state index >= 15 is 0 Å². The Hall–Kier alpha value is -3.75. The number of ketones is 1. The molecule has 2 aromatic heterocycles. The Bertz CT molecular complexity index is 1260. The summed E-state index contributed by atoms with van der Waals surface area (Å²) in [6.45, 7) is 3.52. The SMILES string of the molecule is CCOC(=O)CC1(CC(F)(F)F)CCc2cc(-c3ccc(Nc4ccc(C)nc4)cn3)ccc2C1=O. The fraction of sp³-hybridized carbons (Fsp3) is 0.333. The van der Waals surface area contributed by atoms with Crippen molar-refractivity contribution in [1.82, 2.24) is 9.97 Å². The molecule has 0 spiro atoms. The highest BCUT2D eigenvalue weighted by Crippen LogP contribution is 2.46. The van der Waals surface area contributed by atoms with Crippen LogP contribution in [0.3, 0.4) is 0 Å². The zero-order valence-electron chi connectivity index (χ0n) is 20.0. The number of aromatic nitrogens is 2. The van der Waals surface area contributed by atoms with Gasteiger partial charge in [-0.3, -0.25) is 19.6 Å². The first-order valence-electron chi connectivity index (χ1n) is 11.6. The molecule has 0 radical (unpaired) electrons. The van der Waals surface area contributed by atoms with E-state index in [9.17, 15) is 22.8 Å². The number of ether oxygens (including phenoxy) is 1. The summed E-state index contributed by atoms with van der Waals surface area (Å²) >= 11 is 0. The van der Waals surface area contributed by atoms with Crippen LogP contribution >= 0.6 is 0 Å². The summed E-state index contributed by atoms with van der Waals surface area (Å²) in [5.74, 6) is -1.46. The molecule has 2 heterocycles. The molecule has 6 nitrogen and oxygen atoms in total. The first kappa shape index (κ1) is 25.3. The van der Waals surface area contributed by atoms with Crippen LogP contribution < -0.4 is 5.32 Å². The third-order valence-electron chi connectivity index (χ3n) is 6.29. The highest BCUT2D eigenvalue weighted by Gasteiger charge is 2.51. The lowest BCUT2D eigenvalue weighted by Crippen LogP contribution is -2.42. The lowest BCUT2D eigenvalue weighted by Gasteiger charge is -2.36. The number of esters is 1. The number of anilines is 2. The van der Waals surface area contributed by atoms with E-state index in [1.165, 1.54) is 6.07 Å². The average molecular weight is 498 g/mol. The van der Waals surface area contributed by atoms with Crippen LogP contribution in [0.4, 0.5) is 24.5 Å². The molecule has 1 N–H and O–H groups in total. The fourth-order valence-electron chi connectivity index (χ4n) is 4.57. The number of nitrogens with zero attached hydrogens (tertiary/aromatic N) is 2. The quantitative estimate of drug-likeness (QED) is 0.391. The third-order valence-corrected chi connectivity index (χ3v) is 6.29. The number of benzene rings is 1. The van der Waals surface area contributed by atoms with Crippen molar-refractivity contribution < 1.29 is 27.5 Å². The van der Waals surface area contributed by atoms with Gasteiger partial charge >= 0.3 is 12.1 Å². The molecule has 188 valence electrons. The van der Waals surface area contributed by atoms with Crippen molar-refractivity contribution in [1.29, 1.82) is 0 Å². The predicted molar refractivity (Wildman–Crippen MR) is 129 cm³/mol. The van der Waals surface area contributed by atoms with E-state index in [2.05, 4.69) is 15.3 Å². The third kappa shape index (κ3) is 5.72. The van der Waals surface area contributed by atoms with Crippen LogP contribution in [0.1, 0.15) is 47.8 Å². The molecule has 0 aliphatic heterocycles. The Labute approximate surface area is 206 Å². The number of halogens is 3. The zero-order chi connectivity index (χ0) is 25.9. The van der Waals surface area contributed by atoms with Gasteiger partial charge in [-0.05, 0) is 62.6 Å². The molecule has 1 aliphatic rings. The highest BCUT2D eigenvalue weighted by atomic mass is 19.4. The maximum Gasteiger partial charge on any atom is 0.390 e. The number of rotatable bonds is 7. The monoisotopic (exact) mass is 497 g/mol. The molecular weight excluding hydrogens is 471 g/mol. The summed E-state index contributed by atoms with van der Waals surface area (Å²) < 4.78 is 45.1. The van der Waals surface area contributed by atoms with Crippen molar-refractivity contribution >= 4 is 23.1 Å². The Kier molecular flexibility index (Phi) is 7.10. The van der Waals surface area contributed by atoms with Crippen molar-refractivity contribution in [3.63, 3.8) is 0 Å². The van der Waals surface area contributed by atoms with Crippen molar-refractivity contribution in [2.45, 2.75) is 45.7 Å². The molecule has 0 bridgehead atoms. The van der Waals surface area contributed by atoms with E-state index in [1.54, 1.807) is 31.5 Å². The van der Waals surface area contributed by atoms with Crippen LogP contribution in [0.2, 0.25) is 0 Å². The van der Waals surface area contributed by atoms with Gasteiger partial charge < -0.3 is 10.1 Å². The minimum atomic E-state index is -4.59. The molecule has 1 unspecified atom stereocenters. The summed E-state index contributed by atoms with van der Waals surface area (Å²) in [5, 5.41) is 3.22. The molecule has 9 heteroatoms. The van der Waals surface area contributed by atoms with Gasteiger partial charge in [0.25, 0.3) is 0 Å². The number of aryl methyl sites for hydroxylation is 2. The Morgan fingerprint density at radius 1 is 1.08 bits per heavy atom. The molecule has 1 atom stereocenters. The minimum Gasteiger partial charge on any atom is -0.466 e. The van der Waals surface area contributed by atoms with Crippen LogP contribution in [0, 0.1) is 12.3 Å². The Balaban J connectivity index is 1.56. The fourth-order valence-corrected chi connectivity index (χ4v) is 4.57. The average Bonchev–Trinajstić information content (AvgIpc) is 2.82. The van der Waals surface area contributed by atoms with E-state index in [0.29, 0.717) is 11.3 Å². The Morgan fingerprint density at radius 2 is 1.81 bits per heavy atom. The van der Waals surface area contributed by atoms with Crippen molar-refractivity contribution in [3.8, 4) is 11.3 Å². The second-order valence-electron chi connectivity index (χ2n) is 9.00. The van der Waals surface area contributed by atoms with Gasteiger partial charge in [-0.1, -0.05) is 12.1 Å². The summed E-state index contributed by atoms with van der Waals surface area (Å²) in [7, 11) is 0. The molecule has 36 heavy (non-hydrogen) atoms. The normalized spacial score (nSPS) is 17.4. The Morgan fingerprint density at radius 3 is 2.42 bits per heavy atom. The van der Waals surface area contributed by atoms with Crippen molar-refractivity contribution in [3.05, 3.63) is 71.7 Å². The summed E-state index contributed by atoms with van der Waals surface area (Å²) in [6, 6.07) is 12.5. The van der Waals surface area contributed by atoms with Gasteiger partial charge in [0.15, 0.2) is 5.78 Å². The maximum atomic E-state index is 13.4. The summed E-state index contributed by atoms with van der Waals surface area (Å²) in [5.41, 5.74) is 2.93. The zero-order valence-corrected chi connectivity index (χ0v) is 20.0. The number of pyridine rings is 2. The van der Waals surface area contributed by atoms with Gasteiger partial charge in [0.1, 0.15) is 0 Å². The highest BCUT2D eigenvalue weighted by molar-refractivity contribution is 6.04. The van der Waals surface area contributed by atoms with E-state index in [0.717, 1.165) is 22.6 Å².